The van der Waals surface area contributed by atoms with Crippen LogP contribution in [0.25, 0.3) is 0 Å². The van der Waals surface area contributed by atoms with Crippen LogP contribution in [-0.4, -0.2) is 99.8 Å². The van der Waals surface area contributed by atoms with Crippen molar-refractivity contribution in [1.82, 2.24) is 20.2 Å². The summed E-state index contributed by atoms with van der Waals surface area (Å²) >= 11 is 5.75. The van der Waals surface area contributed by atoms with Crippen LogP contribution < -0.4 is 5.32 Å². The lowest BCUT2D eigenvalue weighted by Crippen LogP contribution is -2.68. The van der Waals surface area contributed by atoms with Gasteiger partial charge in [0.05, 0.1) is 66.5 Å². The van der Waals surface area contributed by atoms with Crippen molar-refractivity contribution in [2.24, 2.45) is 0 Å². The molecule has 1 N–H and O–H groups in total. The number of carbonyl (C=O) groups is 1. The molecule has 1 aliphatic heterocycles. The maximum absolute atomic E-state index is 16.0. The Bertz CT molecular complexity index is 1070. The van der Waals surface area contributed by atoms with Gasteiger partial charge in [-0.3, -0.25) is 4.79 Å². The number of carbonyl (C=O) groups excluding carboxylic acids is 1. The molecule has 1 aliphatic rings. The zero-order chi connectivity index (χ0) is 25.5. The summed E-state index contributed by atoms with van der Waals surface area (Å²) in [7, 11) is 41.1. The Balaban J connectivity index is 1.71. The fourth-order valence-electron chi connectivity index (χ4n) is 3.57. The SMILES string of the molecule is [B]C([B])([B])c1cnc(CNCC2(F)CC([B])([B])N(C(=O)c3ccc(F)c(Cl)c3)CC2([B])[B])nc1. The fourth-order valence-corrected chi connectivity index (χ4v) is 3.75. The highest BCUT2D eigenvalue weighted by Gasteiger charge is 2.54. The molecule has 158 valence electrons. The summed E-state index contributed by atoms with van der Waals surface area (Å²) in [6.45, 7) is -0.864. The van der Waals surface area contributed by atoms with Crippen LogP contribution in [0.4, 0.5) is 8.78 Å². The molecule has 2 heterocycles. The summed E-state index contributed by atoms with van der Waals surface area (Å²) < 4.78 is 29.4. The van der Waals surface area contributed by atoms with Crippen molar-refractivity contribution in [3.05, 3.63) is 58.4 Å². The van der Waals surface area contributed by atoms with Crippen LogP contribution in [0, 0.1) is 5.82 Å². The summed E-state index contributed by atoms with van der Waals surface area (Å²) in [6.07, 6.45) is 2.10. The summed E-state index contributed by atoms with van der Waals surface area (Å²) in [5.41, 5.74) is -2.03. The van der Waals surface area contributed by atoms with Crippen molar-refractivity contribution < 1.29 is 13.6 Å². The molecule has 0 saturated carbocycles. The van der Waals surface area contributed by atoms with E-state index in [2.05, 4.69) is 15.3 Å². The van der Waals surface area contributed by atoms with E-state index in [0.717, 1.165) is 17.0 Å². The van der Waals surface area contributed by atoms with Crippen molar-refractivity contribution in [2.45, 2.75) is 34.3 Å². The van der Waals surface area contributed by atoms with E-state index in [4.69, 9.17) is 66.5 Å². The van der Waals surface area contributed by atoms with Gasteiger partial charge in [-0.1, -0.05) is 11.6 Å². The molecule has 1 fully saturated rings. The normalized spacial score (nSPS) is 21.8. The summed E-state index contributed by atoms with van der Waals surface area (Å²) in [6, 6.07) is 3.32. The molecule has 1 aromatic carbocycles. The standard InChI is InChI=1S/C19H14B7ClF2N4O/c20-17(21)9-33(15(34)10-1-2-13(28)12(27)3-10)18(22,23)7-16(17,29)8-30-6-14-31-4-11(5-32-14)19(24,25)26/h1-5,30H,6-9H2. The van der Waals surface area contributed by atoms with E-state index in [-0.39, 0.29) is 23.7 Å². The van der Waals surface area contributed by atoms with Gasteiger partial charge in [0, 0.05) is 31.0 Å². The van der Waals surface area contributed by atoms with E-state index in [1.807, 2.05) is 0 Å². The molecule has 0 spiro atoms. The van der Waals surface area contributed by atoms with Crippen molar-refractivity contribution >= 4 is 72.4 Å². The zero-order valence-corrected chi connectivity index (χ0v) is 18.9. The molecule has 3 rings (SSSR count). The molecule has 1 unspecified atom stereocenters. The number of halogens is 3. The molecule has 5 nitrogen and oxygen atoms in total. The van der Waals surface area contributed by atoms with Gasteiger partial charge in [-0.25, -0.2) is 18.7 Å². The topological polar surface area (TPSA) is 58.1 Å². The van der Waals surface area contributed by atoms with E-state index in [9.17, 15) is 9.18 Å². The van der Waals surface area contributed by atoms with Gasteiger partial charge in [0.15, 0.2) is 0 Å². The maximum atomic E-state index is 16.0. The Kier molecular flexibility index (Phi) is 7.46. The predicted octanol–water partition coefficient (Wildman–Crippen LogP) is -0.327. The number of piperidine rings is 1. The first kappa shape index (κ1) is 26.9. The third-order valence-corrected chi connectivity index (χ3v) is 5.91. The van der Waals surface area contributed by atoms with Crippen molar-refractivity contribution in [3.63, 3.8) is 0 Å². The molecular weight excluding hydrogens is 449 g/mol. The second-order valence-corrected chi connectivity index (χ2v) is 9.03. The predicted molar refractivity (Wildman–Crippen MR) is 132 cm³/mol. The molecule has 1 aromatic heterocycles. The van der Waals surface area contributed by atoms with Crippen LogP contribution in [0.1, 0.15) is 28.2 Å². The molecule has 1 amide bonds. The van der Waals surface area contributed by atoms with Gasteiger partial charge in [-0.05, 0) is 40.7 Å². The average molecular weight is 463 g/mol. The van der Waals surface area contributed by atoms with Gasteiger partial charge in [0.2, 0.25) is 0 Å². The van der Waals surface area contributed by atoms with Gasteiger partial charge in [0.25, 0.3) is 5.91 Å². The van der Waals surface area contributed by atoms with Crippen LogP contribution >= 0.6 is 11.6 Å². The Hall–Kier alpha value is -1.67. The number of hydrogen-bond acceptors (Lipinski definition) is 4. The van der Waals surface area contributed by atoms with Gasteiger partial charge in [0.1, 0.15) is 17.3 Å². The van der Waals surface area contributed by atoms with Crippen LogP contribution in [-0.2, 0) is 11.7 Å². The monoisotopic (exact) mass is 464 g/mol. The van der Waals surface area contributed by atoms with E-state index < -0.39 is 46.0 Å². The lowest BCUT2D eigenvalue weighted by molar-refractivity contribution is 0.0154. The summed E-state index contributed by atoms with van der Waals surface area (Å²) in [5, 5.41) is -3.04. The van der Waals surface area contributed by atoms with Gasteiger partial charge < -0.3 is 10.2 Å². The number of aromatic nitrogens is 2. The minimum atomic E-state index is -2.32. The van der Waals surface area contributed by atoms with E-state index in [1.165, 1.54) is 18.5 Å². The highest BCUT2D eigenvalue weighted by Crippen LogP contribution is 2.47. The molecule has 2 aromatic rings. The quantitative estimate of drug-likeness (QED) is 0.597. The number of nitrogens with zero attached hydrogens (tertiary/aromatic N) is 3. The van der Waals surface area contributed by atoms with Crippen molar-refractivity contribution in [2.75, 3.05) is 13.1 Å². The number of rotatable bonds is 6. The molecule has 1 atom stereocenters. The van der Waals surface area contributed by atoms with Crippen molar-refractivity contribution in [1.29, 1.82) is 0 Å². The zero-order valence-electron chi connectivity index (χ0n) is 18.1. The molecule has 1 saturated heterocycles. The van der Waals surface area contributed by atoms with Crippen LogP contribution in [0.5, 0.6) is 0 Å². The second kappa shape index (κ2) is 9.42. The Labute approximate surface area is 211 Å². The minimum Gasteiger partial charge on any atom is -0.351 e. The number of alkyl halides is 1. The number of likely N-dealkylation sites (tertiary alicyclic amines) is 1. The first-order valence-electron chi connectivity index (χ1n) is 10.1. The highest BCUT2D eigenvalue weighted by molar-refractivity contribution is 6.58. The summed E-state index contributed by atoms with van der Waals surface area (Å²) in [5.74, 6) is -1.15. The van der Waals surface area contributed by atoms with E-state index in [1.54, 1.807) is 0 Å². The van der Waals surface area contributed by atoms with Gasteiger partial charge >= 0.3 is 0 Å². The molecule has 0 aliphatic carbocycles. The third kappa shape index (κ3) is 5.59. The number of nitrogens with one attached hydrogen (secondary N) is 1. The molecular formula is C19H14B7ClF2N4O. The lowest BCUT2D eigenvalue weighted by atomic mass is 9.39. The lowest BCUT2D eigenvalue weighted by Gasteiger charge is -2.58. The van der Waals surface area contributed by atoms with Crippen LogP contribution in [0.2, 0.25) is 10.2 Å². The molecule has 34 heavy (non-hydrogen) atoms. The van der Waals surface area contributed by atoms with Gasteiger partial charge in [-0.2, -0.15) is 0 Å². The Morgan fingerprint density at radius 1 is 1.18 bits per heavy atom. The first-order chi connectivity index (χ1) is 15.6. The summed E-state index contributed by atoms with van der Waals surface area (Å²) in [4.78, 5) is 22.0. The minimum absolute atomic E-state index is 0.0102. The Morgan fingerprint density at radius 2 is 1.79 bits per heavy atom. The van der Waals surface area contributed by atoms with Crippen molar-refractivity contribution in [3.8, 4) is 0 Å². The van der Waals surface area contributed by atoms with Crippen LogP contribution in [0.3, 0.4) is 0 Å². The Morgan fingerprint density at radius 3 is 2.35 bits per heavy atom. The van der Waals surface area contributed by atoms with Gasteiger partial charge in [-0.15, -0.1) is 5.11 Å². The third-order valence-electron chi connectivity index (χ3n) is 5.63. The molecule has 14 radical (unpaired) electrons. The number of amides is 1. The largest absolute Gasteiger partial charge is 0.351 e. The smallest absolute Gasteiger partial charge is 0.252 e. The number of benzene rings is 1. The average Bonchev–Trinajstić information content (AvgIpc) is 2.72. The molecule has 15 heteroatoms. The van der Waals surface area contributed by atoms with Crippen LogP contribution in [0.15, 0.2) is 30.6 Å². The number of hydrogen-bond donors (Lipinski definition) is 1. The molecule has 0 bridgehead atoms. The fraction of sp³-hybridized carbons (Fsp3) is 0.421. The first-order valence-corrected chi connectivity index (χ1v) is 10.4. The second-order valence-electron chi connectivity index (χ2n) is 8.62. The van der Waals surface area contributed by atoms with E-state index >= 15 is 4.39 Å². The highest BCUT2D eigenvalue weighted by atomic mass is 35.5. The van der Waals surface area contributed by atoms with E-state index in [0.29, 0.717) is 11.4 Å². The maximum Gasteiger partial charge on any atom is 0.252 e.